The van der Waals surface area contributed by atoms with Gasteiger partial charge in [-0.05, 0) is 12.8 Å². The second kappa shape index (κ2) is 41.8. The topological polar surface area (TPSA) is 184 Å². The number of oxime groups is 1. The first-order valence-corrected chi connectivity index (χ1v) is 27.3. The Kier molecular flexibility index (Phi) is 38.7. The second-order valence-corrected chi connectivity index (χ2v) is 19.6. The van der Waals surface area contributed by atoms with Gasteiger partial charge in [-0.2, -0.15) is 11.8 Å². The van der Waals surface area contributed by atoms with Crippen molar-refractivity contribution >= 4 is 65.2 Å². The van der Waals surface area contributed by atoms with E-state index in [1.807, 2.05) is 0 Å². The predicted molar refractivity (Wildman–Crippen MR) is 262 cm³/mol. The van der Waals surface area contributed by atoms with E-state index in [1.54, 1.807) is 0 Å². The molecule has 1 heterocycles. The molecule has 1 aliphatic heterocycles. The first-order chi connectivity index (χ1) is 31.1. The molecule has 0 bridgehead atoms. The van der Waals surface area contributed by atoms with Crippen LogP contribution in [0.15, 0.2) is 5.16 Å². The number of amides is 3. The summed E-state index contributed by atoms with van der Waals surface area (Å²) in [5.74, 6) is -1.54. The molecular formula is C49H88N4O9S2. The van der Waals surface area contributed by atoms with Gasteiger partial charge in [-0.3, -0.25) is 33.7 Å². The Morgan fingerprint density at radius 3 is 1.70 bits per heavy atom. The lowest BCUT2D eigenvalue weighted by Gasteiger charge is -2.19. The Balaban J connectivity index is 2.47. The van der Waals surface area contributed by atoms with E-state index in [0.29, 0.717) is 18.6 Å². The van der Waals surface area contributed by atoms with Gasteiger partial charge in [0.05, 0.1) is 29.8 Å². The highest BCUT2D eigenvalue weighted by molar-refractivity contribution is 8.01. The van der Waals surface area contributed by atoms with Crippen molar-refractivity contribution in [2.24, 2.45) is 10.9 Å². The summed E-state index contributed by atoms with van der Waals surface area (Å²) in [5.41, 5.74) is 6.24. The van der Waals surface area contributed by atoms with E-state index in [0.717, 1.165) is 55.2 Å². The highest BCUT2D eigenvalue weighted by Gasteiger charge is 2.39. The van der Waals surface area contributed by atoms with E-state index in [2.05, 4.69) is 29.2 Å². The minimum atomic E-state index is -0.841. The summed E-state index contributed by atoms with van der Waals surface area (Å²) in [4.78, 5) is 81.6. The number of Topliss-reactive ketones (excluding diaryl/α,β-unsaturated/α-hetero) is 1. The van der Waals surface area contributed by atoms with Crippen LogP contribution in [0.5, 0.6) is 0 Å². The van der Waals surface area contributed by atoms with Crippen molar-refractivity contribution in [2.75, 3.05) is 44.1 Å². The van der Waals surface area contributed by atoms with E-state index in [4.69, 9.17) is 15.2 Å². The monoisotopic (exact) mass is 941 g/mol. The van der Waals surface area contributed by atoms with Crippen LogP contribution in [0, 0.1) is 0 Å². The van der Waals surface area contributed by atoms with E-state index >= 15 is 0 Å². The minimum absolute atomic E-state index is 0.0483. The van der Waals surface area contributed by atoms with Gasteiger partial charge in [-0.25, -0.2) is 0 Å². The van der Waals surface area contributed by atoms with Crippen molar-refractivity contribution in [2.45, 2.75) is 224 Å². The van der Waals surface area contributed by atoms with Crippen LogP contribution < -0.4 is 11.1 Å². The standard InChI is InChI=1S/C49H88N4O9S2/c1-4-6-8-10-12-14-16-18-20-22-24-26-28-30-47(57)61-37-41(62-48(58)31-29-27-25-23-21-19-17-15-13-11-9-7-5-2)38-63-39-42(50)43(54)40-64-44-36-46(56)53(49(44)59)35-32-45(55)51-33-34-52-60-3/h34,41-42,44H,4-33,35-40,50H2,1-3H3,(H,51,55). The number of nitrogens with zero attached hydrogens (tertiary/aromatic N) is 2. The number of likely N-dealkylation sites (tertiary alicyclic amines) is 1. The number of esters is 2. The Morgan fingerprint density at radius 1 is 0.719 bits per heavy atom. The Hall–Kier alpha value is -2.65. The summed E-state index contributed by atoms with van der Waals surface area (Å²) in [6.07, 6.45) is 33.0. The zero-order valence-electron chi connectivity index (χ0n) is 40.2. The number of unbranched alkanes of at least 4 members (excludes halogenated alkanes) is 24. The zero-order chi connectivity index (χ0) is 46.9. The van der Waals surface area contributed by atoms with Crippen molar-refractivity contribution in [1.82, 2.24) is 10.2 Å². The Bertz CT molecular complexity index is 1290. The van der Waals surface area contributed by atoms with Crippen molar-refractivity contribution in [1.29, 1.82) is 0 Å². The predicted octanol–water partition coefficient (Wildman–Crippen LogP) is 10.0. The van der Waals surface area contributed by atoms with Crippen molar-refractivity contribution in [3.63, 3.8) is 0 Å². The van der Waals surface area contributed by atoms with Crippen LogP contribution in [0.25, 0.3) is 0 Å². The van der Waals surface area contributed by atoms with Gasteiger partial charge in [0.1, 0.15) is 19.8 Å². The van der Waals surface area contributed by atoms with Crippen LogP contribution in [0.4, 0.5) is 0 Å². The number of nitrogens with one attached hydrogen (secondary N) is 1. The highest BCUT2D eigenvalue weighted by Crippen LogP contribution is 2.26. The van der Waals surface area contributed by atoms with Crippen LogP contribution in [0.3, 0.4) is 0 Å². The minimum Gasteiger partial charge on any atom is -0.462 e. The molecule has 0 aromatic heterocycles. The number of ether oxygens (including phenoxy) is 2. The third-order valence-corrected chi connectivity index (χ3v) is 13.9. The molecule has 0 aliphatic carbocycles. The van der Waals surface area contributed by atoms with Gasteiger partial charge in [-0.1, -0.05) is 173 Å². The van der Waals surface area contributed by atoms with E-state index in [9.17, 15) is 28.8 Å². The van der Waals surface area contributed by atoms with E-state index in [-0.39, 0.29) is 73.6 Å². The number of imide groups is 1. The molecule has 0 aromatic carbocycles. The molecule has 15 heteroatoms. The van der Waals surface area contributed by atoms with Gasteiger partial charge in [-0.15, -0.1) is 11.8 Å². The van der Waals surface area contributed by atoms with Gasteiger partial charge < -0.3 is 25.4 Å². The van der Waals surface area contributed by atoms with E-state index in [1.165, 1.54) is 154 Å². The normalized spacial score (nSPS) is 14.9. The van der Waals surface area contributed by atoms with Gasteiger partial charge in [0.15, 0.2) is 5.78 Å². The molecule has 3 N–H and O–H groups in total. The lowest BCUT2D eigenvalue weighted by molar-refractivity contribution is -0.157. The molecule has 3 atom stereocenters. The molecule has 3 amide bonds. The molecule has 0 spiro atoms. The fourth-order valence-electron chi connectivity index (χ4n) is 7.49. The lowest BCUT2D eigenvalue weighted by Crippen LogP contribution is -2.37. The van der Waals surface area contributed by atoms with Gasteiger partial charge in [0.25, 0.3) is 0 Å². The van der Waals surface area contributed by atoms with Gasteiger partial charge >= 0.3 is 11.9 Å². The second-order valence-electron chi connectivity index (χ2n) is 17.3. The number of carbonyl (C=O) groups excluding carboxylic acids is 6. The summed E-state index contributed by atoms with van der Waals surface area (Å²) in [6.45, 7) is 4.55. The summed E-state index contributed by atoms with van der Waals surface area (Å²) in [6, 6.07) is -0.841. The van der Waals surface area contributed by atoms with E-state index < -0.39 is 23.3 Å². The number of thioether (sulfide) groups is 2. The van der Waals surface area contributed by atoms with Crippen LogP contribution in [-0.4, -0.2) is 108 Å². The van der Waals surface area contributed by atoms with Gasteiger partial charge in [0.2, 0.25) is 17.7 Å². The molecule has 1 fully saturated rings. The summed E-state index contributed by atoms with van der Waals surface area (Å²) in [5, 5.41) is 5.41. The van der Waals surface area contributed by atoms with Crippen molar-refractivity contribution in [3.05, 3.63) is 0 Å². The number of hydrogen-bond acceptors (Lipinski definition) is 13. The third kappa shape index (κ3) is 32.9. The molecule has 1 aliphatic rings. The van der Waals surface area contributed by atoms with Crippen LogP contribution in [0.2, 0.25) is 0 Å². The molecular weight excluding hydrogens is 853 g/mol. The summed E-state index contributed by atoms with van der Waals surface area (Å²) >= 11 is 2.42. The Morgan fingerprint density at radius 2 is 1.20 bits per heavy atom. The Labute approximate surface area is 395 Å². The largest absolute Gasteiger partial charge is 0.462 e. The third-order valence-electron chi connectivity index (χ3n) is 11.5. The number of hydrogen-bond donors (Lipinski definition) is 2. The van der Waals surface area contributed by atoms with Crippen LogP contribution in [0.1, 0.15) is 206 Å². The smallest absolute Gasteiger partial charge is 0.306 e. The average Bonchev–Trinajstić information content (AvgIpc) is 3.56. The summed E-state index contributed by atoms with van der Waals surface area (Å²) < 4.78 is 11.4. The summed E-state index contributed by atoms with van der Waals surface area (Å²) in [7, 11) is 1.39. The molecule has 0 aromatic rings. The molecule has 1 rings (SSSR count). The fraction of sp³-hybridized carbons (Fsp3) is 0.857. The van der Waals surface area contributed by atoms with Gasteiger partial charge in [0, 0.05) is 43.7 Å². The molecule has 13 nitrogen and oxygen atoms in total. The van der Waals surface area contributed by atoms with Crippen LogP contribution >= 0.6 is 23.5 Å². The maximum atomic E-state index is 13.0. The number of ketones is 1. The molecule has 0 saturated carbocycles. The number of carbonyl (C=O) groups is 6. The van der Waals surface area contributed by atoms with Crippen LogP contribution in [-0.2, 0) is 43.1 Å². The number of rotatable bonds is 45. The molecule has 1 saturated heterocycles. The van der Waals surface area contributed by atoms with Crippen molar-refractivity contribution in [3.8, 4) is 0 Å². The first-order valence-electron chi connectivity index (χ1n) is 25.1. The number of nitrogens with two attached hydrogens (primary N) is 1. The first kappa shape index (κ1) is 59.4. The zero-order valence-corrected chi connectivity index (χ0v) is 41.9. The molecule has 370 valence electrons. The molecule has 3 unspecified atom stereocenters. The fourth-order valence-corrected chi connectivity index (χ4v) is 9.61. The average molecular weight is 941 g/mol. The lowest BCUT2D eigenvalue weighted by atomic mass is 10.0. The molecule has 0 radical (unpaired) electrons. The molecule has 64 heavy (non-hydrogen) atoms. The SMILES string of the molecule is CCCCCCCCCCCCCCCC(=O)OCC(CSCC(N)C(=O)CSC1CC(=O)N(CCC(=O)NCC=NOC)C1=O)OC(=O)CCCCCCCCCCCCCCC. The van der Waals surface area contributed by atoms with Crippen molar-refractivity contribution < 1.29 is 43.1 Å². The quantitative estimate of drug-likeness (QED) is 0.0194. The maximum absolute atomic E-state index is 13.0. The highest BCUT2D eigenvalue weighted by atomic mass is 32.2. The maximum Gasteiger partial charge on any atom is 0.306 e.